The first-order valence-corrected chi connectivity index (χ1v) is 9.65. The Morgan fingerprint density at radius 2 is 1.79 bits per heavy atom. The molecule has 0 unspecified atom stereocenters. The van der Waals surface area contributed by atoms with Gasteiger partial charge in [-0.2, -0.15) is 5.10 Å². The van der Waals surface area contributed by atoms with Crippen molar-refractivity contribution < 1.29 is 13.6 Å². The van der Waals surface area contributed by atoms with Gasteiger partial charge in [-0.15, -0.1) is 0 Å². The lowest BCUT2D eigenvalue weighted by atomic mass is 10.2. The zero-order chi connectivity index (χ0) is 20.4. The van der Waals surface area contributed by atoms with Gasteiger partial charge in [0.15, 0.2) is 5.69 Å². The standard InChI is InChI=1S/C21H19ClF2N4O/c22-17-13-16(23)6-5-15(17)14-26-9-11-27(12-10-26)21(29)19-7-8-28(25-19)20-4-2-1-3-18(20)24/h1-8,13H,9-12,14H2. The predicted molar refractivity (Wildman–Crippen MR) is 106 cm³/mol. The number of halogens is 3. The highest BCUT2D eigenvalue weighted by Gasteiger charge is 2.24. The van der Waals surface area contributed by atoms with Crippen LogP contribution in [0.2, 0.25) is 5.02 Å². The van der Waals surface area contributed by atoms with E-state index in [1.165, 1.54) is 22.9 Å². The molecule has 0 aliphatic carbocycles. The van der Waals surface area contributed by atoms with Crippen molar-refractivity contribution in [3.05, 3.63) is 82.6 Å². The maximum Gasteiger partial charge on any atom is 0.274 e. The van der Waals surface area contributed by atoms with E-state index in [1.807, 2.05) is 0 Å². The van der Waals surface area contributed by atoms with E-state index in [0.29, 0.717) is 43.4 Å². The molecule has 2 aromatic carbocycles. The van der Waals surface area contributed by atoms with Gasteiger partial charge >= 0.3 is 0 Å². The van der Waals surface area contributed by atoms with E-state index in [4.69, 9.17) is 11.6 Å². The smallest absolute Gasteiger partial charge is 0.274 e. The molecule has 150 valence electrons. The monoisotopic (exact) mass is 416 g/mol. The van der Waals surface area contributed by atoms with Crippen LogP contribution in [0.5, 0.6) is 0 Å². The van der Waals surface area contributed by atoms with Gasteiger partial charge in [0, 0.05) is 43.9 Å². The maximum absolute atomic E-state index is 13.9. The molecule has 1 amide bonds. The lowest BCUT2D eigenvalue weighted by Crippen LogP contribution is -2.48. The summed E-state index contributed by atoms with van der Waals surface area (Å²) in [6.07, 6.45) is 1.58. The minimum absolute atomic E-state index is 0.181. The lowest BCUT2D eigenvalue weighted by molar-refractivity contribution is 0.0622. The zero-order valence-corrected chi connectivity index (χ0v) is 16.3. The fourth-order valence-corrected chi connectivity index (χ4v) is 3.60. The molecule has 1 saturated heterocycles. The summed E-state index contributed by atoms with van der Waals surface area (Å²) in [5.74, 6) is -0.939. The molecule has 29 heavy (non-hydrogen) atoms. The molecule has 5 nitrogen and oxygen atoms in total. The third kappa shape index (κ3) is 4.31. The summed E-state index contributed by atoms with van der Waals surface area (Å²) >= 11 is 6.10. The molecule has 1 aliphatic heterocycles. The Bertz CT molecular complexity index is 1030. The summed E-state index contributed by atoms with van der Waals surface area (Å²) in [6, 6.07) is 12.3. The van der Waals surface area contributed by atoms with Gasteiger partial charge in [0.25, 0.3) is 5.91 Å². The quantitative estimate of drug-likeness (QED) is 0.650. The highest BCUT2D eigenvalue weighted by molar-refractivity contribution is 6.31. The first kappa shape index (κ1) is 19.5. The molecule has 0 bridgehead atoms. The minimum Gasteiger partial charge on any atom is -0.335 e. The van der Waals surface area contributed by atoms with Crippen LogP contribution >= 0.6 is 11.6 Å². The summed E-state index contributed by atoms with van der Waals surface area (Å²) in [7, 11) is 0. The molecule has 3 aromatic rings. The Morgan fingerprint density at radius 1 is 1.03 bits per heavy atom. The Kier molecular flexibility index (Phi) is 5.60. The molecule has 1 fully saturated rings. The number of carbonyl (C=O) groups is 1. The number of para-hydroxylation sites is 1. The van der Waals surface area contributed by atoms with Gasteiger partial charge in [0.05, 0.1) is 0 Å². The van der Waals surface area contributed by atoms with Crippen molar-refractivity contribution in [1.82, 2.24) is 19.6 Å². The second-order valence-electron chi connectivity index (χ2n) is 6.90. The third-order valence-electron chi connectivity index (χ3n) is 4.98. The lowest BCUT2D eigenvalue weighted by Gasteiger charge is -2.34. The van der Waals surface area contributed by atoms with Crippen LogP contribution in [0.25, 0.3) is 5.69 Å². The van der Waals surface area contributed by atoms with Gasteiger partial charge in [-0.05, 0) is 35.9 Å². The van der Waals surface area contributed by atoms with Crippen LogP contribution in [0.1, 0.15) is 16.1 Å². The van der Waals surface area contributed by atoms with Crippen molar-refractivity contribution in [2.45, 2.75) is 6.54 Å². The van der Waals surface area contributed by atoms with Gasteiger partial charge in [-0.3, -0.25) is 9.69 Å². The number of hydrogen-bond acceptors (Lipinski definition) is 3. The predicted octanol–water partition coefficient (Wildman–Crippen LogP) is 3.76. The molecular weight excluding hydrogens is 398 g/mol. The van der Waals surface area contributed by atoms with E-state index in [9.17, 15) is 13.6 Å². The average molecular weight is 417 g/mol. The first-order chi connectivity index (χ1) is 14.0. The summed E-state index contributed by atoms with van der Waals surface area (Å²) in [4.78, 5) is 16.7. The molecule has 0 radical (unpaired) electrons. The van der Waals surface area contributed by atoms with E-state index in [1.54, 1.807) is 41.4 Å². The van der Waals surface area contributed by atoms with Crippen LogP contribution in [0.15, 0.2) is 54.7 Å². The Hall–Kier alpha value is -2.77. The molecule has 1 aliphatic rings. The van der Waals surface area contributed by atoms with Crippen molar-refractivity contribution in [1.29, 1.82) is 0 Å². The highest BCUT2D eigenvalue weighted by Crippen LogP contribution is 2.20. The van der Waals surface area contributed by atoms with Crippen LogP contribution in [0, 0.1) is 11.6 Å². The normalized spacial score (nSPS) is 14.9. The fraction of sp³-hybridized carbons (Fsp3) is 0.238. The number of benzene rings is 2. The molecule has 1 aromatic heterocycles. The summed E-state index contributed by atoms with van der Waals surface area (Å²) in [5.41, 5.74) is 1.44. The summed E-state index contributed by atoms with van der Waals surface area (Å²) in [5, 5.41) is 4.65. The van der Waals surface area contributed by atoms with E-state index in [2.05, 4.69) is 10.00 Å². The molecular formula is C21H19ClF2N4O. The number of hydrogen-bond donors (Lipinski definition) is 0. The number of rotatable bonds is 4. The van der Waals surface area contributed by atoms with E-state index in [0.717, 1.165) is 5.56 Å². The van der Waals surface area contributed by atoms with Gasteiger partial charge in [-0.1, -0.05) is 29.8 Å². The third-order valence-corrected chi connectivity index (χ3v) is 5.33. The number of amides is 1. The van der Waals surface area contributed by atoms with Crippen molar-refractivity contribution in [3.8, 4) is 5.69 Å². The van der Waals surface area contributed by atoms with Crippen molar-refractivity contribution >= 4 is 17.5 Å². The summed E-state index contributed by atoms with van der Waals surface area (Å²) < 4.78 is 28.5. The van der Waals surface area contributed by atoms with Crippen LogP contribution in [0.3, 0.4) is 0 Å². The van der Waals surface area contributed by atoms with Gasteiger partial charge in [0.2, 0.25) is 0 Å². The van der Waals surface area contributed by atoms with E-state index >= 15 is 0 Å². The van der Waals surface area contributed by atoms with Gasteiger partial charge in [-0.25, -0.2) is 13.5 Å². The van der Waals surface area contributed by atoms with Gasteiger partial charge < -0.3 is 4.90 Å². The van der Waals surface area contributed by atoms with Crippen molar-refractivity contribution in [3.63, 3.8) is 0 Å². The molecule has 8 heteroatoms. The Morgan fingerprint density at radius 3 is 2.52 bits per heavy atom. The second-order valence-corrected chi connectivity index (χ2v) is 7.31. The van der Waals surface area contributed by atoms with E-state index < -0.39 is 5.82 Å². The topological polar surface area (TPSA) is 41.4 Å². The largest absolute Gasteiger partial charge is 0.335 e. The molecule has 0 saturated carbocycles. The number of aromatic nitrogens is 2. The fourth-order valence-electron chi connectivity index (χ4n) is 3.37. The van der Waals surface area contributed by atoms with Gasteiger partial charge in [0.1, 0.15) is 17.3 Å². The first-order valence-electron chi connectivity index (χ1n) is 9.27. The van der Waals surface area contributed by atoms with E-state index in [-0.39, 0.29) is 17.4 Å². The SMILES string of the molecule is O=C(c1ccn(-c2ccccc2F)n1)N1CCN(Cc2ccc(F)cc2Cl)CC1. The molecule has 0 N–H and O–H groups in total. The second kappa shape index (κ2) is 8.31. The Labute approximate surface area is 172 Å². The minimum atomic E-state index is -0.400. The zero-order valence-electron chi connectivity index (χ0n) is 15.6. The molecule has 4 rings (SSSR count). The van der Waals surface area contributed by atoms with Crippen molar-refractivity contribution in [2.24, 2.45) is 0 Å². The number of piperazine rings is 1. The molecule has 0 spiro atoms. The van der Waals surface area contributed by atoms with Crippen LogP contribution < -0.4 is 0 Å². The van der Waals surface area contributed by atoms with Crippen LogP contribution in [-0.2, 0) is 6.54 Å². The highest BCUT2D eigenvalue weighted by atomic mass is 35.5. The molecule has 0 atom stereocenters. The Balaban J connectivity index is 1.37. The average Bonchev–Trinajstić information content (AvgIpc) is 3.20. The number of carbonyl (C=O) groups excluding carboxylic acids is 1. The number of nitrogens with zero attached hydrogens (tertiary/aromatic N) is 4. The van der Waals surface area contributed by atoms with Crippen LogP contribution in [0.4, 0.5) is 8.78 Å². The van der Waals surface area contributed by atoms with Crippen molar-refractivity contribution in [2.75, 3.05) is 26.2 Å². The molecule has 2 heterocycles. The van der Waals surface area contributed by atoms with Crippen LogP contribution in [-0.4, -0.2) is 51.7 Å². The maximum atomic E-state index is 13.9. The summed E-state index contributed by atoms with van der Waals surface area (Å²) in [6.45, 7) is 3.04.